The van der Waals surface area contributed by atoms with Gasteiger partial charge in [0, 0.05) is 32.3 Å². The van der Waals surface area contributed by atoms with Crippen molar-refractivity contribution in [3.8, 4) is 0 Å². The van der Waals surface area contributed by atoms with Crippen LogP contribution < -0.4 is 5.32 Å². The first-order chi connectivity index (χ1) is 11.1. The number of likely N-dealkylation sites (tertiary alicyclic amines) is 1. The van der Waals surface area contributed by atoms with E-state index in [1.807, 2.05) is 31.1 Å². The zero-order chi connectivity index (χ0) is 16.4. The molecule has 6 heteroatoms. The Morgan fingerprint density at radius 3 is 2.96 bits per heavy atom. The molecule has 122 valence electrons. The van der Waals surface area contributed by atoms with Crippen molar-refractivity contribution >= 4 is 11.7 Å². The van der Waals surface area contributed by atoms with Gasteiger partial charge in [-0.15, -0.1) is 0 Å². The topological polar surface area (TPSA) is 71.3 Å². The molecule has 0 unspecified atom stereocenters. The first-order valence-electron chi connectivity index (χ1n) is 7.96. The standard InChI is InChI=1S/C17H22N4O2/c1-11-16(12(2)23-20-11)17(22)21-8-4-5-14(10-21)13-6-7-19-15(9-13)18-3/h6-7,9,14H,4-5,8,10H2,1-3H3,(H,18,19)/t14-/m0/s1. The highest BCUT2D eigenvalue weighted by atomic mass is 16.5. The van der Waals surface area contributed by atoms with Crippen molar-refractivity contribution in [2.24, 2.45) is 0 Å². The Morgan fingerprint density at radius 1 is 1.43 bits per heavy atom. The number of carbonyl (C=O) groups is 1. The third kappa shape index (κ3) is 3.06. The van der Waals surface area contributed by atoms with E-state index < -0.39 is 0 Å². The molecule has 1 fully saturated rings. The average molecular weight is 314 g/mol. The predicted molar refractivity (Wildman–Crippen MR) is 87.6 cm³/mol. The van der Waals surface area contributed by atoms with Crippen LogP contribution in [0.3, 0.4) is 0 Å². The Kier molecular flexibility index (Phi) is 4.32. The van der Waals surface area contributed by atoms with Gasteiger partial charge in [-0.05, 0) is 44.4 Å². The van der Waals surface area contributed by atoms with Gasteiger partial charge < -0.3 is 14.7 Å². The lowest BCUT2D eigenvalue weighted by atomic mass is 9.90. The Labute approximate surface area is 135 Å². The summed E-state index contributed by atoms with van der Waals surface area (Å²) in [6.45, 7) is 5.10. The number of carbonyl (C=O) groups excluding carboxylic acids is 1. The van der Waals surface area contributed by atoms with Crippen LogP contribution in [0.4, 0.5) is 5.82 Å². The Hall–Kier alpha value is -2.37. The maximum absolute atomic E-state index is 12.8. The lowest BCUT2D eigenvalue weighted by molar-refractivity contribution is 0.0704. The van der Waals surface area contributed by atoms with E-state index in [0.717, 1.165) is 31.7 Å². The highest BCUT2D eigenvalue weighted by Gasteiger charge is 2.29. The summed E-state index contributed by atoms with van der Waals surface area (Å²) < 4.78 is 5.13. The number of nitrogens with zero attached hydrogens (tertiary/aromatic N) is 3. The summed E-state index contributed by atoms with van der Waals surface area (Å²) in [4.78, 5) is 19.0. The molecule has 3 heterocycles. The average Bonchev–Trinajstić information content (AvgIpc) is 2.93. The molecule has 6 nitrogen and oxygen atoms in total. The zero-order valence-electron chi connectivity index (χ0n) is 13.8. The SMILES string of the molecule is CNc1cc([C@H]2CCCN(C(=O)c3c(C)noc3C)C2)ccn1. The summed E-state index contributed by atoms with van der Waals surface area (Å²) in [6, 6.07) is 4.10. The van der Waals surface area contributed by atoms with Crippen molar-refractivity contribution in [1.29, 1.82) is 0 Å². The second-order valence-corrected chi connectivity index (χ2v) is 6.01. The van der Waals surface area contributed by atoms with E-state index in [9.17, 15) is 4.79 Å². The lowest BCUT2D eigenvalue weighted by Gasteiger charge is -2.33. The Balaban J connectivity index is 1.79. The number of anilines is 1. The highest BCUT2D eigenvalue weighted by Crippen LogP contribution is 2.29. The van der Waals surface area contributed by atoms with Crippen LogP contribution in [0.5, 0.6) is 0 Å². The van der Waals surface area contributed by atoms with Gasteiger partial charge >= 0.3 is 0 Å². The minimum atomic E-state index is 0.0221. The number of hydrogen-bond acceptors (Lipinski definition) is 5. The van der Waals surface area contributed by atoms with Gasteiger partial charge in [-0.1, -0.05) is 5.16 Å². The number of aromatic nitrogens is 2. The second-order valence-electron chi connectivity index (χ2n) is 6.01. The highest BCUT2D eigenvalue weighted by molar-refractivity contribution is 5.96. The van der Waals surface area contributed by atoms with E-state index in [0.29, 0.717) is 22.9 Å². The van der Waals surface area contributed by atoms with Gasteiger partial charge in [-0.25, -0.2) is 4.98 Å². The largest absolute Gasteiger partial charge is 0.373 e. The number of pyridine rings is 1. The van der Waals surface area contributed by atoms with Crippen molar-refractivity contribution in [3.05, 3.63) is 40.9 Å². The number of rotatable bonds is 3. The van der Waals surface area contributed by atoms with Crippen LogP contribution in [-0.2, 0) is 0 Å². The minimum absolute atomic E-state index is 0.0221. The van der Waals surface area contributed by atoms with Crippen molar-refractivity contribution < 1.29 is 9.32 Å². The zero-order valence-corrected chi connectivity index (χ0v) is 13.8. The van der Waals surface area contributed by atoms with Crippen molar-refractivity contribution in [2.45, 2.75) is 32.6 Å². The van der Waals surface area contributed by atoms with Gasteiger partial charge in [0.15, 0.2) is 0 Å². The molecule has 1 amide bonds. The van der Waals surface area contributed by atoms with Crippen LogP contribution >= 0.6 is 0 Å². The van der Waals surface area contributed by atoms with Crippen LogP contribution in [0, 0.1) is 13.8 Å². The lowest BCUT2D eigenvalue weighted by Crippen LogP contribution is -2.39. The summed E-state index contributed by atoms with van der Waals surface area (Å²) in [6.07, 6.45) is 3.89. The summed E-state index contributed by atoms with van der Waals surface area (Å²) >= 11 is 0. The molecule has 2 aromatic heterocycles. The van der Waals surface area contributed by atoms with E-state index in [2.05, 4.69) is 21.5 Å². The molecule has 23 heavy (non-hydrogen) atoms. The maximum Gasteiger partial charge on any atom is 0.259 e. The molecule has 0 aromatic carbocycles. The van der Waals surface area contributed by atoms with Crippen molar-refractivity contribution in [1.82, 2.24) is 15.0 Å². The molecule has 0 radical (unpaired) electrons. The van der Waals surface area contributed by atoms with Gasteiger partial charge in [-0.2, -0.15) is 0 Å². The Bertz CT molecular complexity index is 691. The summed E-state index contributed by atoms with van der Waals surface area (Å²) in [7, 11) is 1.86. The number of nitrogens with one attached hydrogen (secondary N) is 1. The molecule has 3 rings (SSSR count). The van der Waals surface area contributed by atoms with E-state index in [1.165, 1.54) is 5.56 Å². The molecule has 1 saturated heterocycles. The fourth-order valence-electron chi connectivity index (χ4n) is 3.22. The van der Waals surface area contributed by atoms with E-state index >= 15 is 0 Å². The molecule has 1 aliphatic rings. The number of aryl methyl sites for hydroxylation is 2. The van der Waals surface area contributed by atoms with E-state index in [1.54, 1.807) is 6.92 Å². The fraction of sp³-hybridized carbons (Fsp3) is 0.471. The van der Waals surface area contributed by atoms with Crippen molar-refractivity contribution in [3.63, 3.8) is 0 Å². The van der Waals surface area contributed by atoms with E-state index in [-0.39, 0.29) is 5.91 Å². The molecule has 1 aliphatic heterocycles. The first-order valence-corrected chi connectivity index (χ1v) is 7.96. The van der Waals surface area contributed by atoms with Gasteiger partial charge in [0.2, 0.25) is 0 Å². The second kappa shape index (κ2) is 6.40. The monoisotopic (exact) mass is 314 g/mol. The molecule has 0 aliphatic carbocycles. The molecule has 0 spiro atoms. The summed E-state index contributed by atoms with van der Waals surface area (Å²) in [5.74, 6) is 1.81. The van der Waals surface area contributed by atoms with Crippen LogP contribution in [0.2, 0.25) is 0 Å². The molecular weight excluding hydrogens is 292 g/mol. The first kappa shape index (κ1) is 15.5. The quantitative estimate of drug-likeness (QED) is 0.943. The third-order valence-electron chi connectivity index (χ3n) is 4.47. The third-order valence-corrected chi connectivity index (χ3v) is 4.47. The molecule has 1 N–H and O–H groups in total. The van der Waals surface area contributed by atoms with Crippen LogP contribution in [-0.4, -0.2) is 41.1 Å². The molecule has 2 aromatic rings. The number of hydrogen-bond donors (Lipinski definition) is 1. The summed E-state index contributed by atoms with van der Waals surface area (Å²) in [5, 5.41) is 6.96. The fourth-order valence-corrected chi connectivity index (χ4v) is 3.22. The smallest absolute Gasteiger partial charge is 0.259 e. The minimum Gasteiger partial charge on any atom is -0.373 e. The molecule has 0 bridgehead atoms. The predicted octanol–water partition coefficient (Wildman–Crippen LogP) is 2.75. The molecule has 1 atom stereocenters. The van der Waals surface area contributed by atoms with Gasteiger partial charge in [0.05, 0.1) is 5.69 Å². The van der Waals surface area contributed by atoms with Crippen molar-refractivity contribution in [2.75, 3.05) is 25.5 Å². The van der Waals surface area contributed by atoms with Gasteiger partial charge in [0.1, 0.15) is 17.1 Å². The van der Waals surface area contributed by atoms with Gasteiger partial charge in [0.25, 0.3) is 5.91 Å². The number of amides is 1. The van der Waals surface area contributed by atoms with Crippen LogP contribution in [0.15, 0.2) is 22.9 Å². The van der Waals surface area contributed by atoms with E-state index in [4.69, 9.17) is 4.52 Å². The summed E-state index contributed by atoms with van der Waals surface area (Å²) in [5.41, 5.74) is 2.49. The number of piperidine rings is 1. The molecular formula is C17H22N4O2. The Morgan fingerprint density at radius 2 is 2.26 bits per heavy atom. The van der Waals surface area contributed by atoms with Gasteiger partial charge in [-0.3, -0.25) is 4.79 Å². The van der Waals surface area contributed by atoms with Crippen LogP contribution in [0.1, 0.15) is 46.1 Å². The normalized spacial score (nSPS) is 18.0. The van der Waals surface area contributed by atoms with Crippen LogP contribution in [0.25, 0.3) is 0 Å². The molecule has 0 saturated carbocycles. The maximum atomic E-state index is 12.8.